The van der Waals surface area contributed by atoms with Crippen molar-refractivity contribution in [2.24, 2.45) is 0 Å². The standard InChI is InChI=1S/C20H18O4/c1-20(2,3)14-8-9-15-16(21)11-17(24-18(15)10-14)12-4-6-13(7-5-12)19(22)23/h4-11H,1-3H3,(H,22,23). The van der Waals surface area contributed by atoms with Crippen LogP contribution in [-0.4, -0.2) is 11.1 Å². The summed E-state index contributed by atoms with van der Waals surface area (Å²) >= 11 is 0. The van der Waals surface area contributed by atoms with Gasteiger partial charge in [-0.3, -0.25) is 4.79 Å². The first kappa shape index (κ1) is 16.0. The Labute approximate surface area is 139 Å². The Morgan fingerprint density at radius 2 is 1.67 bits per heavy atom. The summed E-state index contributed by atoms with van der Waals surface area (Å²) in [4.78, 5) is 23.3. The van der Waals surface area contributed by atoms with Crippen LogP contribution in [0.25, 0.3) is 22.3 Å². The third-order valence-corrected chi connectivity index (χ3v) is 4.01. The SMILES string of the molecule is CC(C)(C)c1ccc2c(=O)cc(-c3ccc(C(=O)O)cc3)oc2c1. The average Bonchev–Trinajstić information content (AvgIpc) is 2.53. The van der Waals surface area contributed by atoms with Crippen LogP contribution in [0.15, 0.2) is 57.7 Å². The number of carboxylic acid groups (broad SMARTS) is 1. The highest BCUT2D eigenvalue weighted by Crippen LogP contribution is 2.27. The second-order valence-corrected chi connectivity index (χ2v) is 6.82. The van der Waals surface area contributed by atoms with E-state index in [1.807, 2.05) is 12.1 Å². The maximum atomic E-state index is 12.4. The van der Waals surface area contributed by atoms with Crippen LogP contribution >= 0.6 is 0 Å². The Morgan fingerprint density at radius 1 is 1.00 bits per heavy atom. The number of hydrogen-bond acceptors (Lipinski definition) is 3. The summed E-state index contributed by atoms with van der Waals surface area (Å²) in [5, 5.41) is 9.50. The lowest BCUT2D eigenvalue weighted by Crippen LogP contribution is -2.11. The van der Waals surface area contributed by atoms with Crippen molar-refractivity contribution in [1.82, 2.24) is 0 Å². The summed E-state index contributed by atoms with van der Waals surface area (Å²) in [6.07, 6.45) is 0. The molecule has 0 saturated carbocycles. The van der Waals surface area contributed by atoms with Crippen molar-refractivity contribution < 1.29 is 14.3 Å². The number of carboxylic acids is 1. The van der Waals surface area contributed by atoms with Crippen LogP contribution in [0.1, 0.15) is 36.7 Å². The molecule has 122 valence electrons. The highest BCUT2D eigenvalue weighted by Gasteiger charge is 2.16. The summed E-state index contributed by atoms with van der Waals surface area (Å²) in [7, 11) is 0. The van der Waals surface area contributed by atoms with Gasteiger partial charge in [0, 0.05) is 11.6 Å². The Balaban J connectivity index is 2.15. The maximum absolute atomic E-state index is 12.4. The van der Waals surface area contributed by atoms with Gasteiger partial charge >= 0.3 is 5.97 Å². The van der Waals surface area contributed by atoms with Crippen LogP contribution in [0.4, 0.5) is 0 Å². The first-order valence-electron chi connectivity index (χ1n) is 7.68. The molecule has 0 aliphatic carbocycles. The number of rotatable bonds is 2. The van der Waals surface area contributed by atoms with E-state index in [9.17, 15) is 9.59 Å². The van der Waals surface area contributed by atoms with Crippen molar-refractivity contribution >= 4 is 16.9 Å². The Morgan fingerprint density at radius 3 is 2.25 bits per heavy atom. The van der Waals surface area contributed by atoms with Gasteiger partial charge in [0.05, 0.1) is 10.9 Å². The lowest BCUT2D eigenvalue weighted by Gasteiger charge is -2.19. The molecule has 3 aromatic rings. The lowest BCUT2D eigenvalue weighted by molar-refractivity contribution is 0.0697. The van der Waals surface area contributed by atoms with Gasteiger partial charge in [-0.1, -0.05) is 39.0 Å². The molecule has 24 heavy (non-hydrogen) atoms. The molecule has 4 heteroatoms. The molecule has 0 unspecified atom stereocenters. The van der Waals surface area contributed by atoms with Crippen molar-refractivity contribution in [3.8, 4) is 11.3 Å². The number of hydrogen-bond donors (Lipinski definition) is 1. The van der Waals surface area contributed by atoms with E-state index in [-0.39, 0.29) is 16.4 Å². The minimum absolute atomic E-state index is 0.0497. The molecule has 0 bridgehead atoms. The molecule has 0 saturated heterocycles. The maximum Gasteiger partial charge on any atom is 0.335 e. The van der Waals surface area contributed by atoms with Crippen LogP contribution in [0.5, 0.6) is 0 Å². The second-order valence-electron chi connectivity index (χ2n) is 6.82. The fourth-order valence-corrected chi connectivity index (χ4v) is 2.54. The lowest BCUT2D eigenvalue weighted by atomic mass is 9.87. The van der Waals surface area contributed by atoms with E-state index in [0.29, 0.717) is 22.3 Å². The monoisotopic (exact) mass is 322 g/mol. The third-order valence-electron chi connectivity index (χ3n) is 4.01. The first-order chi connectivity index (χ1) is 11.3. The second kappa shape index (κ2) is 5.64. The van der Waals surface area contributed by atoms with Crippen molar-refractivity contribution in [3.63, 3.8) is 0 Å². The summed E-state index contributed by atoms with van der Waals surface area (Å²) in [6, 6.07) is 13.3. The van der Waals surface area contributed by atoms with Crippen LogP contribution in [0.2, 0.25) is 0 Å². The van der Waals surface area contributed by atoms with Gasteiger partial charge in [0.25, 0.3) is 0 Å². The van der Waals surface area contributed by atoms with Crippen LogP contribution in [-0.2, 0) is 5.41 Å². The predicted octanol–water partition coefficient (Wildman–Crippen LogP) is 4.46. The zero-order chi connectivity index (χ0) is 17.5. The normalized spacial score (nSPS) is 11.6. The number of aromatic carboxylic acids is 1. The van der Waals surface area contributed by atoms with E-state index in [4.69, 9.17) is 9.52 Å². The van der Waals surface area contributed by atoms with Gasteiger partial charge in [-0.25, -0.2) is 4.79 Å². The topological polar surface area (TPSA) is 67.5 Å². The molecule has 1 N–H and O–H groups in total. The van der Waals surface area contributed by atoms with Crippen LogP contribution < -0.4 is 5.43 Å². The van der Waals surface area contributed by atoms with Crippen LogP contribution in [0, 0.1) is 0 Å². The number of benzene rings is 2. The predicted molar refractivity (Wildman–Crippen MR) is 93.6 cm³/mol. The third kappa shape index (κ3) is 2.95. The molecule has 2 aromatic carbocycles. The molecule has 4 nitrogen and oxygen atoms in total. The van der Waals surface area contributed by atoms with Gasteiger partial charge in [-0.2, -0.15) is 0 Å². The minimum atomic E-state index is -0.990. The van der Waals surface area contributed by atoms with E-state index >= 15 is 0 Å². The summed E-state index contributed by atoms with van der Waals surface area (Å²) in [5.74, 6) is -0.563. The highest BCUT2D eigenvalue weighted by atomic mass is 16.4. The Hall–Kier alpha value is -2.88. The van der Waals surface area contributed by atoms with Gasteiger partial charge in [-0.05, 0) is 35.2 Å². The van der Waals surface area contributed by atoms with E-state index in [2.05, 4.69) is 20.8 Å². The fraction of sp³-hybridized carbons (Fsp3) is 0.200. The average molecular weight is 322 g/mol. The van der Waals surface area contributed by atoms with Gasteiger partial charge in [-0.15, -0.1) is 0 Å². The van der Waals surface area contributed by atoms with Crippen molar-refractivity contribution in [1.29, 1.82) is 0 Å². The summed E-state index contributed by atoms with van der Waals surface area (Å²) < 4.78 is 5.92. The number of fused-ring (bicyclic) bond motifs is 1. The smallest absolute Gasteiger partial charge is 0.335 e. The van der Waals surface area contributed by atoms with Crippen molar-refractivity contribution in [2.45, 2.75) is 26.2 Å². The largest absolute Gasteiger partial charge is 0.478 e. The zero-order valence-corrected chi connectivity index (χ0v) is 13.8. The van der Waals surface area contributed by atoms with Gasteiger partial charge in [0.2, 0.25) is 0 Å². The van der Waals surface area contributed by atoms with Crippen molar-refractivity contribution in [3.05, 3.63) is 69.9 Å². The molecule has 1 heterocycles. The van der Waals surface area contributed by atoms with Gasteiger partial charge in [0.15, 0.2) is 5.43 Å². The molecule has 0 fully saturated rings. The summed E-state index contributed by atoms with van der Waals surface area (Å²) in [6.45, 7) is 6.29. The molecular weight excluding hydrogens is 304 g/mol. The highest BCUT2D eigenvalue weighted by molar-refractivity contribution is 5.88. The molecule has 0 radical (unpaired) electrons. The van der Waals surface area contributed by atoms with Crippen molar-refractivity contribution in [2.75, 3.05) is 0 Å². The molecule has 0 aliphatic rings. The first-order valence-corrected chi connectivity index (χ1v) is 7.68. The van der Waals surface area contributed by atoms with Crippen LogP contribution in [0.3, 0.4) is 0 Å². The quantitative estimate of drug-likeness (QED) is 0.756. The summed E-state index contributed by atoms with van der Waals surface area (Å²) in [5.41, 5.74) is 2.31. The Kier molecular flexibility index (Phi) is 3.76. The van der Waals surface area contributed by atoms with E-state index < -0.39 is 5.97 Å². The fourth-order valence-electron chi connectivity index (χ4n) is 2.54. The minimum Gasteiger partial charge on any atom is -0.478 e. The molecule has 3 rings (SSSR count). The molecular formula is C20H18O4. The van der Waals surface area contributed by atoms with E-state index in [1.54, 1.807) is 18.2 Å². The van der Waals surface area contributed by atoms with Gasteiger partial charge < -0.3 is 9.52 Å². The van der Waals surface area contributed by atoms with E-state index in [1.165, 1.54) is 18.2 Å². The molecule has 0 spiro atoms. The van der Waals surface area contributed by atoms with Gasteiger partial charge in [0.1, 0.15) is 11.3 Å². The molecule has 0 aliphatic heterocycles. The number of carbonyl (C=O) groups is 1. The Bertz CT molecular complexity index is 973. The molecule has 0 atom stereocenters. The zero-order valence-electron chi connectivity index (χ0n) is 13.8. The molecule has 1 aromatic heterocycles. The van der Waals surface area contributed by atoms with E-state index in [0.717, 1.165) is 5.56 Å². The molecule has 0 amide bonds.